The van der Waals surface area contributed by atoms with Crippen LogP contribution in [-0.4, -0.2) is 69.0 Å². The second-order valence-corrected chi connectivity index (χ2v) is 8.98. The molecule has 1 aromatic heterocycles. The third-order valence-electron chi connectivity index (χ3n) is 5.65. The van der Waals surface area contributed by atoms with E-state index in [-0.39, 0.29) is 18.8 Å². The normalized spacial score (nSPS) is 14.5. The number of rotatable bonds is 13. The van der Waals surface area contributed by atoms with Crippen LogP contribution < -0.4 is 21.7 Å². The van der Waals surface area contributed by atoms with E-state index < -0.39 is 60.2 Å². The summed E-state index contributed by atoms with van der Waals surface area (Å²) in [5, 5.41) is 26.7. The number of H-pyrrole nitrogens is 1. The van der Waals surface area contributed by atoms with Gasteiger partial charge >= 0.3 is 11.9 Å². The first-order valence-corrected chi connectivity index (χ1v) is 11.6. The summed E-state index contributed by atoms with van der Waals surface area (Å²) in [6, 6.07) is 2.81. The van der Waals surface area contributed by atoms with Crippen molar-refractivity contribution in [3.8, 4) is 0 Å². The molecule has 3 amide bonds. The van der Waals surface area contributed by atoms with Crippen LogP contribution in [0.15, 0.2) is 30.5 Å². The number of benzene rings is 1. The number of aromatic amines is 1. The summed E-state index contributed by atoms with van der Waals surface area (Å²) in [5.41, 5.74) is 7.11. The lowest BCUT2D eigenvalue weighted by Gasteiger charge is -2.26. The number of carbonyl (C=O) groups is 5. The van der Waals surface area contributed by atoms with Crippen molar-refractivity contribution in [3.05, 3.63) is 36.0 Å². The van der Waals surface area contributed by atoms with E-state index in [1.165, 1.54) is 6.92 Å². The first-order chi connectivity index (χ1) is 16.9. The van der Waals surface area contributed by atoms with Crippen molar-refractivity contribution < 1.29 is 34.2 Å². The fourth-order valence-electron chi connectivity index (χ4n) is 3.61. The number of carboxylic acids is 2. The Labute approximate surface area is 208 Å². The van der Waals surface area contributed by atoms with Crippen LogP contribution >= 0.6 is 0 Å². The van der Waals surface area contributed by atoms with E-state index in [0.29, 0.717) is 5.56 Å². The number of hydrogen-bond donors (Lipinski definition) is 7. The van der Waals surface area contributed by atoms with E-state index in [0.717, 1.165) is 10.9 Å². The number of amides is 3. The number of hydrogen-bond acceptors (Lipinski definition) is 6. The summed E-state index contributed by atoms with van der Waals surface area (Å²) in [7, 11) is 0. The first-order valence-electron chi connectivity index (χ1n) is 11.6. The number of carboxylic acid groups (broad SMARTS) is 2. The SMILES string of the molecule is CC(N)C(=O)NC(C(=O)NC(Cc1c[nH]c2ccccc12)C(=O)NC(CCC(=O)O)C(=O)O)C(C)C. The Kier molecular flexibility index (Phi) is 9.97. The molecule has 0 saturated carbocycles. The molecule has 0 aliphatic rings. The van der Waals surface area contributed by atoms with Gasteiger partial charge in [0.2, 0.25) is 17.7 Å². The summed E-state index contributed by atoms with van der Waals surface area (Å²) >= 11 is 0. The number of para-hydroxylation sites is 1. The van der Waals surface area contributed by atoms with Crippen molar-refractivity contribution in [1.29, 1.82) is 0 Å². The fourth-order valence-corrected chi connectivity index (χ4v) is 3.61. The van der Waals surface area contributed by atoms with Gasteiger partial charge in [-0.3, -0.25) is 19.2 Å². The van der Waals surface area contributed by atoms with Gasteiger partial charge in [-0.05, 0) is 30.9 Å². The van der Waals surface area contributed by atoms with Gasteiger partial charge in [-0.25, -0.2) is 4.79 Å². The topological polar surface area (TPSA) is 204 Å². The molecular formula is C24H33N5O7. The number of aliphatic carboxylic acids is 2. The molecule has 12 nitrogen and oxygen atoms in total. The minimum Gasteiger partial charge on any atom is -0.481 e. The van der Waals surface area contributed by atoms with Crippen LogP contribution in [0.1, 0.15) is 39.2 Å². The number of aromatic nitrogens is 1. The van der Waals surface area contributed by atoms with Crippen molar-refractivity contribution in [2.24, 2.45) is 11.7 Å². The molecule has 0 radical (unpaired) electrons. The monoisotopic (exact) mass is 503 g/mol. The zero-order valence-electron chi connectivity index (χ0n) is 20.4. The molecule has 1 heterocycles. The molecule has 12 heteroatoms. The van der Waals surface area contributed by atoms with Crippen molar-refractivity contribution in [2.75, 3.05) is 0 Å². The molecule has 4 unspecified atom stereocenters. The van der Waals surface area contributed by atoms with E-state index in [2.05, 4.69) is 20.9 Å². The van der Waals surface area contributed by atoms with Gasteiger partial charge in [-0.1, -0.05) is 32.0 Å². The van der Waals surface area contributed by atoms with Crippen molar-refractivity contribution in [1.82, 2.24) is 20.9 Å². The molecule has 2 aromatic rings. The van der Waals surface area contributed by atoms with Gasteiger partial charge in [-0.2, -0.15) is 0 Å². The number of nitrogens with one attached hydrogen (secondary N) is 4. The summed E-state index contributed by atoms with van der Waals surface area (Å²) in [6.07, 6.45) is 0.908. The van der Waals surface area contributed by atoms with Crippen molar-refractivity contribution in [3.63, 3.8) is 0 Å². The second-order valence-electron chi connectivity index (χ2n) is 8.98. The van der Waals surface area contributed by atoms with Crippen LogP contribution in [0.2, 0.25) is 0 Å². The molecule has 36 heavy (non-hydrogen) atoms. The van der Waals surface area contributed by atoms with Gasteiger partial charge in [-0.15, -0.1) is 0 Å². The highest BCUT2D eigenvalue weighted by molar-refractivity contribution is 5.95. The third kappa shape index (κ3) is 7.80. The lowest BCUT2D eigenvalue weighted by Crippen LogP contribution is -2.58. The maximum atomic E-state index is 13.2. The van der Waals surface area contributed by atoms with Crippen LogP contribution in [0.5, 0.6) is 0 Å². The molecule has 0 spiro atoms. The quantitative estimate of drug-likeness (QED) is 0.199. The van der Waals surface area contributed by atoms with Crippen LogP contribution in [0.3, 0.4) is 0 Å². The smallest absolute Gasteiger partial charge is 0.326 e. The zero-order valence-corrected chi connectivity index (χ0v) is 20.4. The standard InChI is InChI=1S/C24H33N5O7/c1-12(2)20(29-21(32)13(3)25)23(34)28-18(10-14-11-26-16-7-5-4-6-15(14)16)22(33)27-17(24(35)36)8-9-19(30)31/h4-7,11-13,17-18,20,26H,8-10,25H2,1-3H3,(H,27,33)(H,28,34)(H,29,32)(H,30,31)(H,35,36). The average Bonchev–Trinajstić information content (AvgIpc) is 3.21. The van der Waals surface area contributed by atoms with Gasteiger partial charge in [0.15, 0.2) is 0 Å². The largest absolute Gasteiger partial charge is 0.481 e. The minimum absolute atomic E-state index is 0.0128. The Morgan fingerprint density at radius 2 is 1.56 bits per heavy atom. The highest BCUT2D eigenvalue weighted by Gasteiger charge is 2.32. The third-order valence-corrected chi connectivity index (χ3v) is 5.65. The first kappa shape index (κ1) is 28.3. The summed E-state index contributed by atoms with van der Waals surface area (Å²) < 4.78 is 0. The lowest BCUT2D eigenvalue weighted by atomic mass is 10.00. The fraction of sp³-hybridized carbons (Fsp3) is 0.458. The maximum absolute atomic E-state index is 13.2. The van der Waals surface area contributed by atoms with E-state index >= 15 is 0 Å². The van der Waals surface area contributed by atoms with Gasteiger partial charge in [0.1, 0.15) is 18.1 Å². The van der Waals surface area contributed by atoms with Gasteiger partial charge in [0, 0.05) is 29.9 Å². The highest BCUT2D eigenvalue weighted by atomic mass is 16.4. The predicted molar refractivity (Wildman–Crippen MR) is 131 cm³/mol. The Morgan fingerprint density at radius 3 is 2.14 bits per heavy atom. The molecule has 2 rings (SSSR count). The minimum atomic E-state index is -1.46. The average molecular weight is 504 g/mol. The Morgan fingerprint density at radius 1 is 0.917 bits per heavy atom. The Balaban J connectivity index is 2.31. The van der Waals surface area contributed by atoms with Crippen LogP contribution in [0.25, 0.3) is 10.9 Å². The molecule has 4 atom stereocenters. The summed E-state index contributed by atoms with van der Waals surface area (Å²) in [6.45, 7) is 4.90. The Bertz CT molecular complexity index is 1110. The molecule has 8 N–H and O–H groups in total. The highest BCUT2D eigenvalue weighted by Crippen LogP contribution is 2.19. The van der Waals surface area contributed by atoms with Gasteiger partial charge < -0.3 is 36.9 Å². The molecule has 0 saturated heterocycles. The van der Waals surface area contributed by atoms with E-state index in [1.807, 2.05) is 24.3 Å². The van der Waals surface area contributed by atoms with Crippen molar-refractivity contribution >= 4 is 40.6 Å². The second kappa shape index (κ2) is 12.7. The Hall–Kier alpha value is -3.93. The molecule has 196 valence electrons. The van der Waals surface area contributed by atoms with E-state index in [9.17, 15) is 29.1 Å². The lowest BCUT2D eigenvalue weighted by molar-refractivity contribution is -0.143. The van der Waals surface area contributed by atoms with Crippen LogP contribution in [0, 0.1) is 5.92 Å². The van der Waals surface area contributed by atoms with Crippen molar-refractivity contribution in [2.45, 2.75) is 64.2 Å². The van der Waals surface area contributed by atoms with Crippen LogP contribution in [0.4, 0.5) is 0 Å². The summed E-state index contributed by atoms with van der Waals surface area (Å²) in [5.74, 6) is -4.92. The maximum Gasteiger partial charge on any atom is 0.326 e. The van der Waals surface area contributed by atoms with Gasteiger partial charge in [0.25, 0.3) is 0 Å². The van der Waals surface area contributed by atoms with Crippen LogP contribution in [-0.2, 0) is 30.4 Å². The van der Waals surface area contributed by atoms with E-state index in [4.69, 9.17) is 10.8 Å². The number of nitrogens with two attached hydrogens (primary N) is 1. The molecular weight excluding hydrogens is 470 g/mol. The van der Waals surface area contributed by atoms with Gasteiger partial charge in [0.05, 0.1) is 6.04 Å². The van der Waals surface area contributed by atoms with E-state index in [1.54, 1.807) is 20.0 Å². The molecule has 0 aliphatic carbocycles. The summed E-state index contributed by atoms with van der Waals surface area (Å²) in [4.78, 5) is 64.0. The number of carbonyl (C=O) groups excluding carboxylic acids is 3. The molecule has 0 bridgehead atoms. The predicted octanol–water partition coefficient (Wildman–Crippen LogP) is 0.117. The zero-order chi connectivity index (χ0) is 27.0. The molecule has 1 aromatic carbocycles. The number of fused-ring (bicyclic) bond motifs is 1. The molecule has 0 fully saturated rings. The molecule has 0 aliphatic heterocycles.